The number of halogens is 4. The minimum atomic E-state index is -1.14. The zero-order valence-electron chi connectivity index (χ0n) is 12.9. The van der Waals surface area contributed by atoms with Gasteiger partial charge in [-0.3, -0.25) is 4.79 Å². The van der Waals surface area contributed by atoms with Gasteiger partial charge in [0.2, 0.25) is 0 Å². The molecular weight excluding hydrogens is 352 g/mol. The second-order valence-corrected chi connectivity index (χ2v) is 5.14. The van der Waals surface area contributed by atoms with Crippen molar-refractivity contribution < 1.29 is 22.4 Å². The lowest BCUT2D eigenvalue weighted by molar-refractivity contribution is 0.102. The van der Waals surface area contributed by atoms with Crippen molar-refractivity contribution in [1.29, 1.82) is 0 Å². The van der Waals surface area contributed by atoms with Crippen LogP contribution in [0.15, 0.2) is 48.5 Å². The number of carbonyl (C=O) groups is 1. The largest absolute Gasteiger partial charge is 0.339 e. The lowest BCUT2D eigenvalue weighted by Crippen LogP contribution is -2.14. The van der Waals surface area contributed by atoms with Crippen LogP contribution in [-0.4, -0.2) is 16.1 Å². The standard InChI is InChI=1S/C17H10F4N4O/c18-11-3-1-9(7-13(11)20)17(26)23-16-6-5-15(24-25-16)22-10-2-4-12(19)14(21)8-10/h1-8H,(H,22,24)(H,23,25,26). The molecule has 5 nitrogen and oxygen atoms in total. The molecule has 0 aliphatic carbocycles. The van der Waals surface area contributed by atoms with Gasteiger partial charge in [0, 0.05) is 17.3 Å². The van der Waals surface area contributed by atoms with Crippen molar-refractivity contribution in [1.82, 2.24) is 10.2 Å². The van der Waals surface area contributed by atoms with Crippen molar-refractivity contribution in [2.24, 2.45) is 0 Å². The second kappa shape index (κ2) is 7.18. The average molecular weight is 362 g/mol. The summed E-state index contributed by atoms with van der Waals surface area (Å²) in [7, 11) is 0. The second-order valence-electron chi connectivity index (χ2n) is 5.14. The summed E-state index contributed by atoms with van der Waals surface area (Å²) in [6.07, 6.45) is 0. The summed E-state index contributed by atoms with van der Waals surface area (Å²) in [5.41, 5.74) is 0.173. The van der Waals surface area contributed by atoms with Crippen LogP contribution in [0.3, 0.4) is 0 Å². The molecule has 0 atom stereocenters. The molecule has 0 unspecified atom stereocenters. The molecule has 132 valence electrons. The smallest absolute Gasteiger partial charge is 0.256 e. The van der Waals surface area contributed by atoms with Crippen LogP contribution in [0, 0.1) is 23.3 Å². The maximum atomic E-state index is 13.2. The minimum absolute atomic E-state index is 0.0653. The third-order valence-electron chi connectivity index (χ3n) is 3.28. The zero-order chi connectivity index (χ0) is 18.7. The lowest BCUT2D eigenvalue weighted by Gasteiger charge is -2.07. The fraction of sp³-hybridized carbons (Fsp3) is 0. The molecule has 0 fully saturated rings. The molecule has 3 rings (SSSR count). The van der Waals surface area contributed by atoms with Gasteiger partial charge in [-0.15, -0.1) is 10.2 Å². The Labute approximate surface area is 144 Å². The number of amides is 1. The van der Waals surface area contributed by atoms with E-state index in [2.05, 4.69) is 20.8 Å². The van der Waals surface area contributed by atoms with Gasteiger partial charge in [0.25, 0.3) is 5.91 Å². The van der Waals surface area contributed by atoms with E-state index in [1.165, 1.54) is 18.2 Å². The zero-order valence-corrected chi connectivity index (χ0v) is 12.9. The minimum Gasteiger partial charge on any atom is -0.339 e. The summed E-state index contributed by atoms with van der Waals surface area (Å²) in [5, 5.41) is 12.6. The summed E-state index contributed by atoms with van der Waals surface area (Å²) in [6.45, 7) is 0. The van der Waals surface area contributed by atoms with Gasteiger partial charge in [-0.1, -0.05) is 0 Å². The van der Waals surface area contributed by atoms with Crippen LogP contribution < -0.4 is 10.6 Å². The average Bonchev–Trinajstić information content (AvgIpc) is 2.62. The Morgan fingerprint density at radius 3 is 1.96 bits per heavy atom. The van der Waals surface area contributed by atoms with E-state index in [0.29, 0.717) is 0 Å². The first kappa shape index (κ1) is 17.3. The van der Waals surface area contributed by atoms with E-state index >= 15 is 0 Å². The molecule has 9 heteroatoms. The molecule has 1 aromatic heterocycles. The summed E-state index contributed by atoms with van der Waals surface area (Å²) < 4.78 is 52.1. The summed E-state index contributed by atoms with van der Waals surface area (Å²) in [4.78, 5) is 12.0. The van der Waals surface area contributed by atoms with E-state index in [-0.39, 0.29) is 22.9 Å². The summed E-state index contributed by atoms with van der Waals surface area (Å²) in [6, 6.07) is 8.79. The number of rotatable bonds is 4. The first-order valence-electron chi connectivity index (χ1n) is 7.24. The maximum absolute atomic E-state index is 13.2. The third kappa shape index (κ3) is 3.94. The number of hydrogen-bond acceptors (Lipinski definition) is 4. The van der Waals surface area contributed by atoms with Gasteiger partial charge in [0.05, 0.1) is 0 Å². The Hall–Kier alpha value is -3.49. The van der Waals surface area contributed by atoms with Gasteiger partial charge in [0.15, 0.2) is 34.9 Å². The fourth-order valence-electron chi connectivity index (χ4n) is 2.01. The van der Waals surface area contributed by atoms with E-state index in [1.54, 1.807) is 0 Å². The van der Waals surface area contributed by atoms with Crippen LogP contribution in [0.25, 0.3) is 0 Å². The molecular formula is C17H10F4N4O. The lowest BCUT2D eigenvalue weighted by atomic mass is 10.2. The van der Waals surface area contributed by atoms with E-state index in [9.17, 15) is 22.4 Å². The van der Waals surface area contributed by atoms with Crippen LogP contribution in [0.4, 0.5) is 34.9 Å². The highest BCUT2D eigenvalue weighted by Crippen LogP contribution is 2.18. The molecule has 2 aromatic carbocycles. The molecule has 2 N–H and O–H groups in total. The predicted molar refractivity (Wildman–Crippen MR) is 86.0 cm³/mol. The number of anilines is 3. The molecule has 26 heavy (non-hydrogen) atoms. The van der Waals surface area contributed by atoms with Gasteiger partial charge in [0.1, 0.15) is 0 Å². The number of benzene rings is 2. The third-order valence-corrected chi connectivity index (χ3v) is 3.28. The van der Waals surface area contributed by atoms with E-state index in [0.717, 1.165) is 30.3 Å². The molecule has 1 heterocycles. The summed E-state index contributed by atoms with van der Waals surface area (Å²) >= 11 is 0. The number of nitrogens with one attached hydrogen (secondary N) is 2. The highest BCUT2D eigenvalue weighted by molar-refractivity contribution is 6.03. The molecule has 0 saturated heterocycles. The van der Waals surface area contributed by atoms with Crippen molar-refractivity contribution in [2.45, 2.75) is 0 Å². The van der Waals surface area contributed by atoms with Crippen LogP contribution in [0.1, 0.15) is 10.4 Å². The first-order valence-corrected chi connectivity index (χ1v) is 7.24. The normalized spacial score (nSPS) is 10.5. The van der Waals surface area contributed by atoms with Crippen LogP contribution in [-0.2, 0) is 0 Å². The molecule has 0 aliphatic rings. The molecule has 3 aromatic rings. The van der Waals surface area contributed by atoms with Gasteiger partial charge in [-0.25, -0.2) is 17.6 Å². The van der Waals surface area contributed by atoms with E-state index in [4.69, 9.17) is 0 Å². The number of hydrogen-bond donors (Lipinski definition) is 2. The Kier molecular flexibility index (Phi) is 4.78. The number of aromatic nitrogens is 2. The topological polar surface area (TPSA) is 66.9 Å². The van der Waals surface area contributed by atoms with Gasteiger partial charge < -0.3 is 10.6 Å². The SMILES string of the molecule is O=C(Nc1ccc(Nc2ccc(F)c(F)c2)nn1)c1ccc(F)c(F)c1. The Morgan fingerprint density at radius 1 is 0.731 bits per heavy atom. The molecule has 0 saturated carbocycles. The number of nitrogens with zero attached hydrogens (tertiary/aromatic N) is 2. The van der Waals surface area contributed by atoms with Crippen LogP contribution in [0.2, 0.25) is 0 Å². The number of carbonyl (C=O) groups excluding carboxylic acids is 1. The van der Waals surface area contributed by atoms with Crippen molar-refractivity contribution in [2.75, 3.05) is 10.6 Å². The Morgan fingerprint density at radius 2 is 1.35 bits per heavy atom. The Bertz CT molecular complexity index is 963. The molecule has 0 bridgehead atoms. The first-order chi connectivity index (χ1) is 12.4. The fourth-order valence-corrected chi connectivity index (χ4v) is 2.01. The monoisotopic (exact) mass is 362 g/mol. The highest BCUT2D eigenvalue weighted by Gasteiger charge is 2.11. The summed E-state index contributed by atoms with van der Waals surface area (Å²) in [5.74, 6) is -4.60. The molecule has 1 amide bonds. The molecule has 0 spiro atoms. The van der Waals surface area contributed by atoms with Crippen molar-refractivity contribution in [3.8, 4) is 0 Å². The van der Waals surface area contributed by atoms with Gasteiger partial charge in [-0.05, 0) is 42.5 Å². The highest BCUT2D eigenvalue weighted by atomic mass is 19.2. The maximum Gasteiger partial charge on any atom is 0.256 e. The molecule has 0 radical (unpaired) electrons. The van der Waals surface area contributed by atoms with Gasteiger partial charge >= 0.3 is 0 Å². The van der Waals surface area contributed by atoms with Crippen LogP contribution >= 0.6 is 0 Å². The van der Waals surface area contributed by atoms with Crippen LogP contribution in [0.5, 0.6) is 0 Å². The van der Waals surface area contributed by atoms with Gasteiger partial charge in [-0.2, -0.15) is 0 Å². The predicted octanol–water partition coefficient (Wildman–Crippen LogP) is 4.03. The van der Waals surface area contributed by atoms with E-state index in [1.807, 2.05) is 0 Å². The van der Waals surface area contributed by atoms with Crippen molar-refractivity contribution in [3.05, 3.63) is 77.4 Å². The Balaban J connectivity index is 1.68. The van der Waals surface area contributed by atoms with Crippen molar-refractivity contribution >= 4 is 23.2 Å². The molecule has 0 aliphatic heterocycles. The van der Waals surface area contributed by atoms with E-state index < -0.39 is 29.2 Å². The quantitative estimate of drug-likeness (QED) is 0.688. The van der Waals surface area contributed by atoms with Crippen molar-refractivity contribution in [3.63, 3.8) is 0 Å².